The van der Waals surface area contributed by atoms with Gasteiger partial charge in [-0.15, -0.1) is 0 Å². The Morgan fingerprint density at radius 1 is 0.927 bits per heavy atom. The monoisotopic (exact) mass is 559 g/mol. The molecule has 4 rings (SSSR count). The van der Waals surface area contributed by atoms with Crippen molar-refractivity contribution in [3.05, 3.63) is 89.0 Å². The number of hydrogen-bond acceptors (Lipinski definition) is 6. The summed E-state index contributed by atoms with van der Waals surface area (Å²) in [5.41, 5.74) is 3.61. The smallest absolute Gasteiger partial charge is 0.251 e. The summed E-state index contributed by atoms with van der Waals surface area (Å²) in [6, 6.07) is 20.8. The van der Waals surface area contributed by atoms with Gasteiger partial charge in [0, 0.05) is 50.2 Å². The van der Waals surface area contributed by atoms with E-state index in [4.69, 9.17) is 9.47 Å². The van der Waals surface area contributed by atoms with Crippen LogP contribution in [0, 0.1) is 5.92 Å². The Morgan fingerprint density at radius 3 is 2.15 bits per heavy atom. The minimum Gasteiger partial charge on any atom is -0.504 e. The molecule has 1 aliphatic heterocycles. The van der Waals surface area contributed by atoms with Crippen LogP contribution in [0.25, 0.3) is 0 Å². The number of rotatable bonds is 11. The van der Waals surface area contributed by atoms with Crippen LogP contribution in [0.1, 0.15) is 53.7 Å². The molecule has 1 saturated heterocycles. The number of carbonyl (C=O) groups is 2. The predicted molar refractivity (Wildman–Crippen MR) is 159 cm³/mol. The van der Waals surface area contributed by atoms with E-state index in [1.54, 1.807) is 26.4 Å². The molecule has 0 bridgehead atoms. The second kappa shape index (κ2) is 14.0. The number of ether oxygens (including phenoxy) is 2. The Labute approximate surface area is 242 Å². The summed E-state index contributed by atoms with van der Waals surface area (Å²) in [7, 11) is 3.17. The molecule has 0 saturated carbocycles. The second-order valence-electron chi connectivity index (χ2n) is 10.9. The number of piperidine rings is 1. The van der Waals surface area contributed by atoms with Crippen molar-refractivity contribution in [2.24, 2.45) is 5.92 Å². The fourth-order valence-corrected chi connectivity index (χ4v) is 5.19. The number of amides is 2. The van der Waals surface area contributed by atoms with Gasteiger partial charge in [0.2, 0.25) is 5.91 Å². The highest BCUT2D eigenvalue weighted by atomic mass is 16.5. The van der Waals surface area contributed by atoms with E-state index < -0.39 is 0 Å². The number of hydrogen-bond donors (Lipinski definition) is 2. The zero-order valence-corrected chi connectivity index (χ0v) is 24.4. The SMILES string of the molecule is COc1ccc(CNC(=O)c2ccc(CN(C(=O)C(C)C)C3CCN(Cc4ccc(OC)c(O)c4)CC3)cc2)cc1. The highest BCUT2D eigenvalue weighted by Gasteiger charge is 2.29. The van der Waals surface area contributed by atoms with E-state index in [2.05, 4.69) is 10.2 Å². The van der Waals surface area contributed by atoms with Crippen molar-refractivity contribution in [2.45, 2.75) is 52.4 Å². The van der Waals surface area contributed by atoms with Gasteiger partial charge >= 0.3 is 0 Å². The first-order valence-electron chi connectivity index (χ1n) is 14.2. The molecule has 2 amide bonds. The maximum atomic E-state index is 13.3. The molecule has 2 N–H and O–H groups in total. The van der Waals surface area contributed by atoms with E-state index in [1.165, 1.54) is 0 Å². The van der Waals surface area contributed by atoms with E-state index in [0.29, 0.717) is 24.4 Å². The topological polar surface area (TPSA) is 91.3 Å². The van der Waals surface area contributed by atoms with Crippen LogP contribution in [0.3, 0.4) is 0 Å². The summed E-state index contributed by atoms with van der Waals surface area (Å²) in [5.74, 6) is 1.30. The Morgan fingerprint density at radius 2 is 1.56 bits per heavy atom. The number of aromatic hydroxyl groups is 1. The molecular weight excluding hydrogens is 518 g/mol. The number of phenolic OH excluding ortho intramolecular Hbond substituents is 1. The highest BCUT2D eigenvalue weighted by Crippen LogP contribution is 2.28. The van der Waals surface area contributed by atoms with E-state index >= 15 is 0 Å². The van der Waals surface area contributed by atoms with Gasteiger partial charge in [-0.25, -0.2) is 0 Å². The standard InChI is InChI=1S/C33H41N3O5/c1-23(2)33(39)36(28-15-17-35(18-16-28)21-26-9-14-31(41-4)30(37)19-26)22-25-5-10-27(11-6-25)32(38)34-20-24-7-12-29(40-3)13-8-24/h5-14,19,23,28,37H,15-18,20-22H2,1-4H3,(H,34,38). The first-order chi connectivity index (χ1) is 19.8. The molecule has 0 radical (unpaired) electrons. The van der Waals surface area contributed by atoms with Crippen LogP contribution in [0.15, 0.2) is 66.7 Å². The van der Waals surface area contributed by atoms with Gasteiger partial charge in [-0.05, 0) is 65.9 Å². The molecule has 1 aliphatic rings. The quantitative estimate of drug-likeness (QED) is 0.344. The first-order valence-corrected chi connectivity index (χ1v) is 14.2. The van der Waals surface area contributed by atoms with Crippen LogP contribution in [-0.2, 0) is 24.4 Å². The van der Waals surface area contributed by atoms with Gasteiger partial charge in [0.05, 0.1) is 14.2 Å². The van der Waals surface area contributed by atoms with Crippen molar-refractivity contribution in [1.82, 2.24) is 15.1 Å². The van der Waals surface area contributed by atoms with Crippen molar-refractivity contribution in [2.75, 3.05) is 27.3 Å². The van der Waals surface area contributed by atoms with Crippen molar-refractivity contribution < 1.29 is 24.2 Å². The van der Waals surface area contributed by atoms with Gasteiger partial charge in [0.1, 0.15) is 5.75 Å². The van der Waals surface area contributed by atoms with Crippen molar-refractivity contribution in [3.63, 3.8) is 0 Å². The Hall–Kier alpha value is -4.04. The zero-order chi connectivity index (χ0) is 29.4. The largest absolute Gasteiger partial charge is 0.504 e. The molecule has 3 aromatic rings. The maximum Gasteiger partial charge on any atom is 0.251 e. The van der Waals surface area contributed by atoms with Gasteiger partial charge in [0.15, 0.2) is 11.5 Å². The number of methoxy groups -OCH3 is 2. The Kier molecular flexibility index (Phi) is 10.2. The van der Waals surface area contributed by atoms with Crippen molar-refractivity contribution >= 4 is 11.8 Å². The summed E-state index contributed by atoms with van der Waals surface area (Å²) in [6.07, 6.45) is 1.76. The third-order valence-corrected chi connectivity index (χ3v) is 7.61. The molecular formula is C33H41N3O5. The number of carbonyl (C=O) groups excluding carboxylic acids is 2. The number of phenols is 1. The number of likely N-dealkylation sites (tertiary alicyclic amines) is 1. The van der Waals surface area contributed by atoms with E-state index in [1.807, 2.05) is 73.3 Å². The lowest BCUT2D eigenvalue weighted by molar-refractivity contribution is -0.138. The van der Waals surface area contributed by atoms with Crippen LogP contribution in [0.2, 0.25) is 0 Å². The minimum atomic E-state index is -0.139. The zero-order valence-electron chi connectivity index (χ0n) is 24.4. The molecule has 0 spiro atoms. The number of nitrogens with one attached hydrogen (secondary N) is 1. The minimum absolute atomic E-state index is 0.0988. The van der Waals surface area contributed by atoms with E-state index in [-0.39, 0.29) is 29.5 Å². The van der Waals surface area contributed by atoms with Gasteiger partial charge in [-0.3, -0.25) is 14.5 Å². The molecule has 41 heavy (non-hydrogen) atoms. The van der Waals surface area contributed by atoms with Crippen molar-refractivity contribution in [3.8, 4) is 17.2 Å². The summed E-state index contributed by atoms with van der Waals surface area (Å²) < 4.78 is 10.3. The molecule has 8 heteroatoms. The van der Waals surface area contributed by atoms with Gasteiger partial charge in [-0.1, -0.05) is 44.2 Å². The fourth-order valence-electron chi connectivity index (χ4n) is 5.19. The first kappa shape index (κ1) is 29.9. The van der Waals surface area contributed by atoms with Gasteiger partial charge < -0.3 is 24.8 Å². The van der Waals surface area contributed by atoms with Crippen LogP contribution in [0.4, 0.5) is 0 Å². The molecule has 8 nitrogen and oxygen atoms in total. The normalized spacial score (nSPS) is 14.1. The average molecular weight is 560 g/mol. The highest BCUT2D eigenvalue weighted by molar-refractivity contribution is 5.94. The van der Waals surface area contributed by atoms with Gasteiger partial charge in [0.25, 0.3) is 5.91 Å². The van der Waals surface area contributed by atoms with Gasteiger partial charge in [-0.2, -0.15) is 0 Å². The molecule has 218 valence electrons. The van der Waals surface area contributed by atoms with Crippen LogP contribution in [0.5, 0.6) is 17.2 Å². The molecule has 1 heterocycles. The van der Waals surface area contributed by atoms with Crippen LogP contribution >= 0.6 is 0 Å². The van der Waals surface area contributed by atoms with Crippen molar-refractivity contribution in [1.29, 1.82) is 0 Å². The number of nitrogens with zero attached hydrogens (tertiary/aromatic N) is 2. The second-order valence-corrected chi connectivity index (χ2v) is 10.9. The van der Waals surface area contributed by atoms with Crippen LogP contribution in [-0.4, -0.2) is 60.1 Å². The Bertz CT molecular complexity index is 1300. The predicted octanol–water partition coefficient (Wildman–Crippen LogP) is 4.99. The lowest BCUT2D eigenvalue weighted by Crippen LogP contribution is -2.48. The maximum absolute atomic E-state index is 13.3. The van der Waals surface area contributed by atoms with E-state index in [9.17, 15) is 14.7 Å². The fraction of sp³-hybridized carbons (Fsp3) is 0.394. The molecule has 0 unspecified atom stereocenters. The Balaban J connectivity index is 1.33. The molecule has 0 aliphatic carbocycles. The third kappa shape index (κ3) is 8.01. The van der Waals surface area contributed by atoms with Crippen LogP contribution < -0.4 is 14.8 Å². The number of benzene rings is 3. The molecule has 3 aromatic carbocycles. The summed E-state index contributed by atoms with van der Waals surface area (Å²) in [4.78, 5) is 30.3. The average Bonchev–Trinajstić information content (AvgIpc) is 2.99. The molecule has 0 atom stereocenters. The molecule has 1 fully saturated rings. The molecule has 0 aromatic heterocycles. The summed E-state index contributed by atoms with van der Waals surface area (Å²) in [5, 5.41) is 13.1. The van der Waals surface area contributed by atoms with E-state index in [0.717, 1.165) is 54.9 Å². The summed E-state index contributed by atoms with van der Waals surface area (Å²) in [6.45, 7) is 7.30. The lowest BCUT2D eigenvalue weighted by atomic mass is 9.99. The lowest BCUT2D eigenvalue weighted by Gasteiger charge is -2.39. The third-order valence-electron chi connectivity index (χ3n) is 7.61. The summed E-state index contributed by atoms with van der Waals surface area (Å²) >= 11 is 0.